The number of nitrogens with zero attached hydrogens (tertiary/aromatic N) is 1. The van der Waals surface area contributed by atoms with Crippen molar-refractivity contribution in [2.75, 3.05) is 13.6 Å². The van der Waals surface area contributed by atoms with Gasteiger partial charge in [0.25, 0.3) is 0 Å². The summed E-state index contributed by atoms with van der Waals surface area (Å²) in [6, 6.07) is 14.2. The van der Waals surface area contributed by atoms with Gasteiger partial charge in [-0.15, -0.1) is 0 Å². The van der Waals surface area contributed by atoms with Gasteiger partial charge in [-0.3, -0.25) is 10.2 Å². The first-order chi connectivity index (χ1) is 11.6. The summed E-state index contributed by atoms with van der Waals surface area (Å²) in [5.41, 5.74) is 7.57. The second-order valence-corrected chi connectivity index (χ2v) is 6.32. The van der Waals surface area contributed by atoms with Crippen molar-refractivity contribution in [3.63, 3.8) is 0 Å². The van der Waals surface area contributed by atoms with Crippen molar-refractivity contribution in [2.45, 2.75) is 12.6 Å². The van der Waals surface area contributed by atoms with E-state index in [2.05, 4.69) is 10.9 Å². The lowest BCUT2D eigenvalue weighted by molar-refractivity contribution is -0.134. The number of amides is 1. The number of hydrazine groups is 1. The Hall–Kier alpha value is -1.95. The number of carbonyl (C=O) groups is 1. The van der Waals surface area contributed by atoms with Crippen LogP contribution in [-0.4, -0.2) is 24.4 Å². The van der Waals surface area contributed by atoms with E-state index < -0.39 is 5.82 Å². The van der Waals surface area contributed by atoms with Gasteiger partial charge < -0.3 is 4.90 Å². The SMILES string of the molecule is CN(Cc1c(F)cccc1Cl)C(=O)C1CNNC1c1ccccc1. The average molecular weight is 348 g/mol. The van der Waals surface area contributed by atoms with Crippen molar-refractivity contribution >= 4 is 17.5 Å². The molecule has 2 atom stereocenters. The van der Waals surface area contributed by atoms with E-state index >= 15 is 0 Å². The molecule has 2 N–H and O–H groups in total. The lowest BCUT2D eigenvalue weighted by atomic mass is 9.93. The highest BCUT2D eigenvalue weighted by Gasteiger charge is 2.35. The minimum Gasteiger partial charge on any atom is -0.341 e. The predicted octanol–water partition coefficient (Wildman–Crippen LogP) is 2.90. The van der Waals surface area contributed by atoms with Crippen LogP contribution in [0, 0.1) is 11.7 Å². The van der Waals surface area contributed by atoms with E-state index in [4.69, 9.17) is 11.6 Å². The van der Waals surface area contributed by atoms with Gasteiger partial charge in [0.2, 0.25) is 5.91 Å². The number of halogens is 2. The van der Waals surface area contributed by atoms with Crippen molar-refractivity contribution in [3.8, 4) is 0 Å². The van der Waals surface area contributed by atoms with Gasteiger partial charge in [0, 0.05) is 30.7 Å². The van der Waals surface area contributed by atoms with Crippen molar-refractivity contribution in [1.29, 1.82) is 0 Å². The fourth-order valence-corrected chi connectivity index (χ4v) is 3.21. The molecule has 2 aromatic carbocycles. The molecule has 0 spiro atoms. The molecule has 0 bridgehead atoms. The van der Waals surface area contributed by atoms with Crippen LogP contribution in [0.3, 0.4) is 0 Å². The Labute approximate surface area is 145 Å². The van der Waals surface area contributed by atoms with E-state index in [1.54, 1.807) is 19.2 Å². The highest BCUT2D eigenvalue weighted by Crippen LogP contribution is 2.27. The minimum absolute atomic E-state index is 0.0549. The monoisotopic (exact) mass is 347 g/mol. The molecule has 24 heavy (non-hydrogen) atoms. The summed E-state index contributed by atoms with van der Waals surface area (Å²) in [7, 11) is 1.67. The molecule has 1 heterocycles. The molecule has 126 valence electrons. The third kappa shape index (κ3) is 3.43. The largest absolute Gasteiger partial charge is 0.341 e. The zero-order valence-electron chi connectivity index (χ0n) is 13.3. The number of carbonyl (C=O) groups excluding carboxylic acids is 1. The lowest BCUT2D eigenvalue weighted by Crippen LogP contribution is -2.36. The molecule has 1 fully saturated rings. The van der Waals surface area contributed by atoms with Gasteiger partial charge in [0.05, 0.1) is 12.0 Å². The third-order valence-electron chi connectivity index (χ3n) is 4.29. The molecule has 2 aromatic rings. The fourth-order valence-electron chi connectivity index (χ4n) is 2.98. The average Bonchev–Trinajstić information content (AvgIpc) is 3.08. The summed E-state index contributed by atoms with van der Waals surface area (Å²) in [6.45, 7) is 0.663. The van der Waals surface area contributed by atoms with Crippen LogP contribution in [0.2, 0.25) is 5.02 Å². The number of rotatable bonds is 4. The van der Waals surface area contributed by atoms with Crippen LogP contribution in [0.5, 0.6) is 0 Å². The quantitative estimate of drug-likeness (QED) is 0.894. The number of nitrogens with one attached hydrogen (secondary N) is 2. The van der Waals surface area contributed by atoms with Crippen LogP contribution >= 0.6 is 11.6 Å². The standard InChI is InChI=1S/C18H19ClFN3O/c1-23(11-14-15(19)8-5-9-16(14)20)18(24)13-10-21-22-17(13)12-6-3-2-4-7-12/h2-9,13,17,21-22H,10-11H2,1H3. The highest BCUT2D eigenvalue weighted by atomic mass is 35.5. The molecule has 2 unspecified atom stereocenters. The van der Waals surface area contributed by atoms with Crippen LogP contribution in [0.15, 0.2) is 48.5 Å². The molecule has 4 nitrogen and oxygen atoms in total. The van der Waals surface area contributed by atoms with Crippen molar-refractivity contribution in [1.82, 2.24) is 15.8 Å². The van der Waals surface area contributed by atoms with Gasteiger partial charge in [0.1, 0.15) is 5.82 Å². The summed E-state index contributed by atoms with van der Waals surface area (Å²) in [5, 5.41) is 0.330. The Morgan fingerprint density at radius 2 is 2.00 bits per heavy atom. The van der Waals surface area contributed by atoms with Crippen molar-refractivity contribution in [3.05, 3.63) is 70.5 Å². The second-order valence-electron chi connectivity index (χ2n) is 5.91. The van der Waals surface area contributed by atoms with E-state index in [1.165, 1.54) is 11.0 Å². The first kappa shape index (κ1) is 16.9. The lowest BCUT2D eigenvalue weighted by Gasteiger charge is -2.25. The Balaban J connectivity index is 1.75. The maximum atomic E-state index is 13.9. The molecule has 0 aromatic heterocycles. The molecule has 1 saturated heterocycles. The second kappa shape index (κ2) is 7.30. The molecule has 0 saturated carbocycles. The van der Waals surface area contributed by atoms with Crippen LogP contribution < -0.4 is 10.9 Å². The topological polar surface area (TPSA) is 44.4 Å². The van der Waals surface area contributed by atoms with E-state index in [9.17, 15) is 9.18 Å². The van der Waals surface area contributed by atoms with E-state index in [0.29, 0.717) is 17.1 Å². The summed E-state index contributed by atoms with van der Waals surface area (Å²) < 4.78 is 13.9. The van der Waals surface area contributed by atoms with Crippen LogP contribution in [-0.2, 0) is 11.3 Å². The van der Waals surface area contributed by atoms with E-state index in [1.807, 2.05) is 30.3 Å². The Kier molecular flexibility index (Phi) is 5.14. The first-order valence-electron chi connectivity index (χ1n) is 7.79. The molecule has 1 aliphatic heterocycles. The maximum Gasteiger partial charge on any atom is 0.229 e. The summed E-state index contributed by atoms with van der Waals surface area (Å²) in [4.78, 5) is 14.4. The summed E-state index contributed by atoms with van der Waals surface area (Å²) >= 11 is 6.06. The highest BCUT2D eigenvalue weighted by molar-refractivity contribution is 6.31. The normalized spacial score (nSPS) is 20.1. The molecular formula is C18H19ClFN3O. The summed E-state index contributed by atoms with van der Waals surface area (Å²) in [5.74, 6) is -0.715. The Bertz CT molecular complexity index is 705. The maximum absolute atomic E-state index is 13.9. The van der Waals surface area contributed by atoms with Crippen molar-refractivity contribution in [2.24, 2.45) is 5.92 Å². The minimum atomic E-state index is -0.399. The van der Waals surface area contributed by atoms with Crippen LogP contribution in [0.25, 0.3) is 0 Å². The zero-order valence-corrected chi connectivity index (χ0v) is 14.1. The molecular weight excluding hydrogens is 329 g/mol. The number of hydrogen-bond donors (Lipinski definition) is 2. The van der Waals surface area contributed by atoms with Gasteiger partial charge >= 0.3 is 0 Å². The molecule has 0 radical (unpaired) electrons. The van der Waals surface area contributed by atoms with E-state index in [0.717, 1.165) is 5.56 Å². The third-order valence-corrected chi connectivity index (χ3v) is 4.65. The summed E-state index contributed by atoms with van der Waals surface area (Å²) in [6.07, 6.45) is 0. The van der Waals surface area contributed by atoms with Crippen LogP contribution in [0.4, 0.5) is 4.39 Å². The van der Waals surface area contributed by atoms with Crippen molar-refractivity contribution < 1.29 is 9.18 Å². The molecule has 3 rings (SSSR count). The molecule has 0 aliphatic carbocycles. The van der Waals surface area contributed by atoms with Gasteiger partial charge in [-0.25, -0.2) is 9.82 Å². The fraction of sp³-hybridized carbons (Fsp3) is 0.278. The van der Waals surface area contributed by atoms with Gasteiger partial charge in [0.15, 0.2) is 0 Å². The molecule has 1 amide bonds. The van der Waals surface area contributed by atoms with E-state index in [-0.39, 0.29) is 24.4 Å². The smallest absolute Gasteiger partial charge is 0.229 e. The zero-order chi connectivity index (χ0) is 17.1. The predicted molar refractivity (Wildman–Crippen MR) is 91.7 cm³/mol. The van der Waals surface area contributed by atoms with Gasteiger partial charge in [-0.1, -0.05) is 48.0 Å². The first-order valence-corrected chi connectivity index (χ1v) is 8.17. The number of hydrogen-bond acceptors (Lipinski definition) is 3. The van der Waals surface area contributed by atoms with Gasteiger partial charge in [-0.2, -0.15) is 0 Å². The Morgan fingerprint density at radius 3 is 2.71 bits per heavy atom. The van der Waals surface area contributed by atoms with Crippen LogP contribution in [0.1, 0.15) is 17.2 Å². The number of benzene rings is 2. The molecule has 6 heteroatoms. The molecule has 1 aliphatic rings. The Morgan fingerprint density at radius 1 is 1.25 bits per heavy atom. The van der Waals surface area contributed by atoms with Gasteiger partial charge in [-0.05, 0) is 17.7 Å².